The van der Waals surface area contributed by atoms with Crippen LogP contribution in [0.3, 0.4) is 0 Å². The summed E-state index contributed by atoms with van der Waals surface area (Å²) in [6.07, 6.45) is 5.89. The van der Waals surface area contributed by atoms with E-state index in [2.05, 4.69) is 15.3 Å². The molecule has 0 saturated heterocycles. The van der Waals surface area contributed by atoms with Gasteiger partial charge in [0.1, 0.15) is 16.4 Å². The molecule has 0 radical (unpaired) electrons. The van der Waals surface area contributed by atoms with Crippen molar-refractivity contribution in [1.29, 1.82) is 0 Å². The summed E-state index contributed by atoms with van der Waals surface area (Å²) in [6.45, 7) is 0. The zero-order chi connectivity index (χ0) is 11.7. The quantitative estimate of drug-likeness (QED) is 0.905. The Kier molecular flexibility index (Phi) is 2.98. The molecular formula is C12H15N3S2. The molecule has 5 heteroatoms. The normalized spacial score (nSPS) is 19.4. The van der Waals surface area contributed by atoms with E-state index in [1.807, 2.05) is 10.9 Å². The minimum absolute atomic E-state index is 0.183. The second-order valence-electron chi connectivity index (χ2n) is 4.63. The number of thiazole rings is 2. The van der Waals surface area contributed by atoms with Gasteiger partial charge < -0.3 is 5.73 Å². The van der Waals surface area contributed by atoms with E-state index in [9.17, 15) is 0 Å². The highest BCUT2D eigenvalue weighted by molar-refractivity contribution is 7.10. The van der Waals surface area contributed by atoms with Crippen LogP contribution < -0.4 is 5.73 Å². The van der Waals surface area contributed by atoms with Crippen LogP contribution in [0.4, 0.5) is 0 Å². The van der Waals surface area contributed by atoms with E-state index in [0.29, 0.717) is 0 Å². The Morgan fingerprint density at radius 3 is 2.65 bits per heavy atom. The molecule has 17 heavy (non-hydrogen) atoms. The first kappa shape index (κ1) is 11.3. The summed E-state index contributed by atoms with van der Waals surface area (Å²) in [5.41, 5.74) is 10.1. The fourth-order valence-electron chi connectivity index (χ4n) is 2.36. The third-order valence-electron chi connectivity index (χ3n) is 3.37. The molecule has 0 amide bonds. The lowest BCUT2D eigenvalue weighted by atomic mass is 9.83. The fraction of sp³-hybridized carbons (Fsp3) is 0.500. The molecule has 2 heterocycles. The third-order valence-corrected chi connectivity index (χ3v) is 5.02. The number of nitrogens with two attached hydrogens (primary N) is 1. The number of rotatable bonds is 2. The number of aromatic nitrogens is 2. The van der Waals surface area contributed by atoms with Crippen LogP contribution in [0.15, 0.2) is 16.3 Å². The van der Waals surface area contributed by atoms with Gasteiger partial charge >= 0.3 is 0 Å². The Bertz CT molecular complexity index is 484. The predicted molar refractivity (Wildman–Crippen MR) is 72.2 cm³/mol. The van der Waals surface area contributed by atoms with Gasteiger partial charge in [-0.1, -0.05) is 19.3 Å². The van der Waals surface area contributed by atoms with E-state index < -0.39 is 0 Å². The van der Waals surface area contributed by atoms with Crippen LogP contribution in [0.5, 0.6) is 0 Å². The molecule has 0 spiro atoms. The summed E-state index contributed by atoms with van der Waals surface area (Å²) in [6, 6.07) is 0. The molecule has 0 atom stereocenters. The van der Waals surface area contributed by atoms with Crippen LogP contribution in [-0.2, 0) is 5.54 Å². The van der Waals surface area contributed by atoms with E-state index in [0.717, 1.165) is 29.2 Å². The van der Waals surface area contributed by atoms with Crippen LogP contribution >= 0.6 is 22.7 Å². The standard InChI is InChI=1S/C12H15N3S2/c13-12(4-2-1-3-5-12)11-15-10(7-17-11)9-6-16-8-14-9/h6-8H,1-5,13H2. The molecule has 2 aromatic heterocycles. The van der Waals surface area contributed by atoms with Crippen molar-refractivity contribution in [3.8, 4) is 11.4 Å². The Morgan fingerprint density at radius 1 is 1.12 bits per heavy atom. The van der Waals surface area contributed by atoms with Crippen molar-refractivity contribution in [1.82, 2.24) is 9.97 Å². The van der Waals surface area contributed by atoms with Gasteiger partial charge in [-0.2, -0.15) is 0 Å². The van der Waals surface area contributed by atoms with Crippen molar-refractivity contribution in [2.75, 3.05) is 0 Å². The van der Waals surface area contributed by atoms with Crippen LogP contribution in [-0.4, -0.2) is 9.97 Å². The van der Waals surface area contributed by atoms with E-state index in [1.165, 1.54) is 19.3 Å². The molecule has 0 aromatic carbocycles. The lowest BCUT2D eigenvalue weighted by Crippen LogP contribution is -2.38. The summed E-state index contributed by atoms with van der Waals surface area (Å²) in [5, 5.41) is 5.19. The molecule has 1 fully saturated rings. The van der Waals surface area contributed by atoms with Crippen molar-refractivity contribution in [2.45, 2.75) is 37.6 Å². The Labute approximate surface area is 109 Å². The SMILES string of the molecule is NC1(c2nc(-c3cscn3)cs2)CCCCC1. The van der Waals surface area contributed by atoms with Gasteiger partial charge in [0.25, 0.3) is 0 Å². The minimum atomic E-state index is -0.183. The number of nitrogens with zero attached hydrogens (tertiary/aromatic N) is 2. The van der Waals surface area contributed by atoms with Gasteiger partial charge in [-0.3, -0.25) is 0 Å². The van der Waals surface area contributed by atoms with Crippen molar-refractivity contribution in [3.05, 3.63) is 21.3 Å². The lowest BCUT2D eigenvalue weighted by Gasteiger charge is -2.31. The maximum absolute atomic E-state index is 6.48. The van der Waals surface area contributed by atoms with Gasteiger partial charge in [0.05, 0.1) is 11.0 Å². The second kappa shape index (κ2) is 4.48. The molecule has 0 unspecified atom stereocenters. The maximum Gasteiger partial charge on any atom is 0.113 e. The van der Waals surface area contributed by atoms with Crippen molar-refractivity contribution < 1.29 is 0 Å². The Balaban J connectivity index is 1.89. The molecule has 0 aliphatic heterocycles. The second-order valence-corrected chi connectivity index (χ2v) is 6.21. The first-order valence-electron chi connectivity index (χ1n) is 5.91. The number of hydrogen-bond donors (Lipinski definition) is 1. The topological polar surface area (TPSA) is 51.8 Å². The first-order valence-corrected chi connectivity index (χ1v) is 7.74. The molecular weight excluding hydrogens is 250 g/mol. The van der Waals surface area contributed by atoms with Crippen LogP contribution in [0, 0.1) is 0 Å². The van der Waals surface area contributed by atoms with Crippen LogP contribution in [0.25, 0.3) is 11.4 Å². The van der Waals surface area contributed by atoms with E-state index >= 15 is 0 Å². The van der Waals surface area contributed by atoms with Gasteiger partial charge in [0.2, 0.25) is 0 Å². The van der Waals surface area contributed by atoms with E-state index in [-0.39, 0.29) is 5.54 Å². The zero-order valence-corrected chi connectivity index (χ0v) is 11.2. The van der Waals surface area contributed by atoms with E-state index in [4.69, 9.17) is 5.73 Å². The maximum atomic E-state index is 6.48. The predicted octanol–water partition coefficient (Wildman–Crippen LogP) is 3.38. The van der Waals surface area contributed by atoms with Gasteiger partial charge in [0.15, 0.2) is 0 Å². The highest BCUT2D eigenvalue weighted by Gasteiger charge is 2.32. The smallest absolute Gasteiger partial charge is 0.113 e. The molecule has 2 aromatic rings. The van der Waals surface area contributed by atoms with Gasteiger partial charge in [-0.25, -0.2) is 9.97 Å². The Hall–Kier alpha value is -0.780. The van der Waals surface area contributed by atoms with Crippen LogP contribution in [0.2, 0.25) is 0 Å². The van der Waals surface area contributed by atoms with Gasteiger partial charge in [-0.05, 0) is 12.8 Å². The van der Waals surface area contributed by atoms with Crippen molar-refractivity contribution in [2.24, 2.45) is 5.73 Å². The Morgan fingerprint density at radius 2 is 1.94 bits per heavy atom. The molecule has 90 valence electrons. The highest BCUT2D eigenvalue weighted by Crippen LogP contribution is 2.37. The van der Waals surface area contributed by atoms with Gasteiger partial charge in [-0.15, -0.1) is 22.7 Å². The van der Waals surface area contributed by atoms with Crippen molar-refractivity contribution >= 4 is 22.7 Å². The monoisotopic (exact) mass is 265 g/mol. The summed E-state index contributed by atoms with van der Waals surface area (Å²) in [5.74, 6) is 0. The molecule has 3 nitrogen and oxygen atoms in total. The average molecular weight is 265 g/mol. The molecule has 0 bridgehead atoms. The largest absolute Gasteiger partial charge is 0.319 e. The molecule has 1 saturated carbocycles. The zero-order valence-electron chi connectivity index (χ0n) is 9.56. The lowest BCUT2D eigenvalue weighted by molar-refractivity contribution is 0.301. The summed E-state index contributed by atoms with van der Waals surface area (Å²) in [4.78, 5) is 8.98. The summed E-state index contributed by atoms with van der Waals surface area (Å²) >= 11 is 3.28. The minimum Gasteiger partial charge on any atom is -0.319 e. The summed E-state index contributed by atoms with van der Waals surface area (Å²) in [7, 11) is 0. The van der Waals surface area contributed by atoms with E-state index in [1.54, 1.807) is 22.7 Å². The fourth-order valence-corrected chi connectivity index (χ4v) is 3.89. The summed E-state index contributed by atoms with van der Waals surface area (Å²) < 4.78 is 0. The highest BCUT2D eigenvalue weighted by atomic mass is 32.1. The van der Waals surface area contributed by atoms with Crippen LogP contribution in [0.1, 0.15) is 37.1 Å². The third kappa shape index (κ3) is 2.14. The molecule has 1 aliphatic rings. The van der Waals surface area contributed by atoms with Gasteiger partial charge in [0, 0.05) is 10.8 Å². The average Bonchev–Trinajstić information content (AvgIpc) is 3.01. The molecule has 1 aliphatic carbocycles. The number of hydrogen-bond acceptors (Lipinski definition) is 5. The molecule has 3 rings (SSSR count). The molecule has 2 N–H and O–H groups in total. The van der Waals surface area contributed by atoms with Crippen molar-refractivity contribution in [3.63, 3.8) is 0 Å². The first-order chi connectivity index (χ1) is 8.28.